The van der Waals surface area contributed by atoms with E-state index >= 15 is 0 Å². The summed E-state index contributed by atoms with van der Waals surface area (Å²) < 4.78 is 5.37. The average Bonchev–Trinajstić information content (AvgIpc) is 3.09. The van der Waals surface area contributed by atoms with Gasteiger partial charge in [0.2, 0.25) is 5.91 Å². The number of amides is 1. The van der Waals surface area contributed by atoms with Gasteiger partial charge in [0.05, 0.1) is 12.1 Å². The molecule has 0 aromatic heterocycles. The standard InChI is InChI=1S/C14H19NO3/c1-2-18-13-9-11(13)15-14(17)12(16)8-10-6-4-3-5-7-10/h3-7,11-13,16H,2,8-9H2,1H3,(H,15,17)/t11-,12-,13-/m0/s1. The van der Waals surface area contributed by atoms with Gasteiger partial charge >= 0.3 is 0 Å². The Balaban J connectivity index is 1.76. The Labute approximate surface area is 107 Å². The van der Waals surface area contributed by atoms with Gasteiger partial charge in [0, 0.05) is 13.0 Å². The summed E-state index contributed by atoms with van der Waals surface area (Å²) in [4.78, 5) is 11.7. The molecule has 98 valence electrons. The summed E-state index contributed by atoms with van der Waals surface area (Å²) in [5, 5.41) is 12.6. The predicted octanol–water partition coefficient (Wildman–Crippen LogP) is 0.884. The second-order valence-electron chi connectivity index (χ2n) is 4.55. The van der Waals surface area contributed by atoms with E-state index in [1.165, 1.54) is 0 Å². The van der Waals surface area contributed by atoms with Crippen molar-refractivity contribution < 1.29 is 14.6 Å². The number of benzene rings is 1. The van der Waals surface area contributed by atoms with Crippen molar-refractivity contribution in [2.45, 2.75) is 38.0 Å². The van der Waals surface area contributed by atoms with E-state index < -0.39 is 6.10 Å². The van der Waals surface area contributed by atoms with Gasteiger partial charge in [-0.1, -0.05) is 30.3 Å². The molecule has 4 heteroatoms. The zero-order valence-electron chi connectivity index (χ0n) is 10.5. The number of carbonyl (C=O) groups is 1. The zero-order chi connectivity index (χ0) is 13.0. The topological polar surface area (TPSA) is 58.6 Å². The molecule has 1 aromatic rings. The van der Waals surface area contributed by atoms with Gasteiger partial charge in [-0.15, -0.1) is 0 Å². The molecular formula is C14H19NO3. The maximum atomic E-state index is 11.7. The summed E-state index contributed by atoms with van der Waals surface area (Å²) in [6.07, 6.45) is 0.328. The lowest BCUT2D eigenvalue weighted by molar-refractivity contribution is -0.129. The number of hydrogen-bond donors (Lipinski definition) is 2. The maximum Gasteiger partial charge on any atom is 0.249 e. The van der Waals surface area contributed by atoms with Gasteiger partial charge in [-0.3, -0.25) is 4.79 Å². The highest BCUT2D eigenvalue weighted by molar-refractivity contribution is 5.81. The Hall–Kier alpha value is -1.39. The van der Waals surface area contributed by atoms with Crippen molar-refractivity contribution in [1.82, 2.24) is 5.32 Å². The normalized spacial score (nSPS) is 23.4. The Morgan fingerprint density at radius 1 is 1.50 bits per heavy atom. The van der Waals surface area contributed by atoms with Crippen molar-refractivity contribution >= 4 is 5.91 Å². The van der Waals surface area contributed by atoms with Crippen LogP contribution in [0.3, 0.4) is 0 Å². The number of aliphatic hydroxyl groups is 1. The molecule has 3 atom stereocenters. The van der Waals surface area contributed by atoms with E-state index in [2.05, 4.69) is 5.32 Å². The summed E-state index contributed by atoms with van der Waals surface area (Å²) in [5.41, 5.74) is 0.956. The fraction of sp³-hybridized carbons (Fsp3) is 0.500. The van der Waals surface area contributed by atoms with Crippen molar-refractivity contribution in [3.63, 3.8) is 0 Å². The Morgan fingerprint density at radius 3 is 2.89 bits per heavy atom. The molecule has 0 unspecified atom stereocenters. The number of carbonyl (C=O) groups excluding carboxylic acids is 1. The molecule has 4 nitrogen and oxygen atoms in total. The van der Waals surface area contributed by atoms with Crippen molar-refractivity contribution in [2.24, 2.45) is 0 Å². The Kier molecular flexibility index (Phi) is 4.33. The molecule has 0 heterocycles. The highest BCUT2D eigenvalue weighted by Crippen LogP contribution is 2.25. The average molecular weight is 249 g/mol. The van der Waals surface area contributed by atoms with E-state index in [-0.39, 0.29) is 18.1 Å². The first kappa shape index (κ1) is 13.1. The minimum Gasteiger partial charge on any atom is -0.383 e. The van der Waals surface area contributed by atoms with Crippen LogP contribution >= 0.6 is 0 Å². The number of nitrogens with one attached hydrogen (secondary N) is 1. The molecule has 0 radical (unpaired) electrons. The second kappa shape index (κ2) is 5.98. The van der Waals surface area contributed by atoms with Crippen LogP contribution in [0.4, 0.5) is 0 Å². The van der Waals surface area contributed by atoms with E-state index in [9.17, 15) is 9.90 Å². The summed E-state index contributed by atoms with van der Waals surface area (Å²) >= 11 is 0. The Morgan fingerprint density at radius 2 is 2.22 bits per heavy atom. The molecule has 1 aromatic carbocycles. The molecule has 18 heavy (non-hydrogen) atoms. The van der Waals surface area contributed by atoms with Gasteiger partial charge < -0.3 is 15.2 Å². The van der Waals surface area contributed by atoms with Gasteiger partial charge in [-0.2, -0.15) is 0 Å². The molecule has 0 aliphatic heterocycles. The second-order valence-corrected chi connectivity index (χ2v) is 4.55. The molecule has 0 saturated heterocycles. The first-order valence-corrected chi connectivity index (χ1v) is 6.34. The van der Waals surface area contributed by atoms with E-state index in [1.54, 1.807) is 0 Å². The van der Waals surface area contributed by atoms with Gasteiger partial charge in [0.1, 0.15) is 6.10 Å². The summed E-state index contributed by atoms with van der Waals surface area (Å²) in [5.74, 6) is -0.314. The van der Waals surface area contributed by atoms with E-state index in [0.29, 0.717) is 13.0 Å². The molecule has 2 N–H and O–H groups in total. The van der Waals surface area contributed by atoms with Crippen LogP contribution in [0.2, 0.25) is 0 Å². The third-order valence-corrected chi connectivity index (χ3v) is 3.01. The minimum atomic E-state index is -0.990. The minimum absolute atomic E-state index is 0.0721. The van der Waals surface area contributed by atoms with Gasteiger partial charge in [0.25, 0.3) is 0 Å². The van der Waals surface area contributed by atoms with Gasteiger partial charge in [-0.25, -0.2) is 0 Å². The van der Waals surface area contributed by atoms with Crippen LogP contribution in [0.15, 0.2) is 30.3 Å². The summed E-state index contributed by atoms with van der Waals surface area (Å²) in [6.45, 7) is 2.59. The molecule has 1 aliphatic carbocycles. The van der Waals surface area contributed by atoms with Gasteiger partial charge in [-0.05, 0) is 18.9 Å². The lowest BCUT2D eigenvalue weighted by Crippen LogP contribution is -2.38. The number of aliphatic hydroxyl groups excluding tert-OH is 1. The highest BCUT2D eigenvalue weighted by Gasteiger charge is 2.39. The van der Waals surface area contributed by atoms with Crippen molar-refractivity contribution in [3.8, 4) is 0 Å². The number of hydrogen-bond acceptors (Lipinski definition) is 3. The smallest absolute Gasteiger partial charge is 0.249 e. The lowest BCUT2D eigenvalue weighted by atomic mass is 10.1. The summed E-state index contributed by atoms with van der Waals surface area (Å²) in [7, 11) is 0. The van der Waals surface area contributed by atoms with Crippen molar-refractivity contribution in [2.75, 3.05) is 6.61 Å². The molecule has 0 bridgehead atoms. The molecular weight excluding hydrogens is 230 g/mol. The first-order valence-electron chi connectivity index (χ1n) is 6.34. The molecule has 1 amide bonds. The molecule has 1 saturated carbocycles. The Bertz CT molecular complexity index is 393. The van der Waals surface area contributed by atoms with Crippen molar-refractivity contribution in [3.05, 3.63) is 35.9 Å². The van der Waals surface area contributed by atoms with Crippen LogP contribution in [0, 0.1) is 0 Å². The molecule has 2 rings (SSSR count). The number of ether oxygens (including phenoxy) is 1. The largest absolute Gasteiger partial charge is 0.383 e. The van der Waals surface area contributed by atoms with E-state index in [0.717, 1.165) is 12.0 Å². The van der Waals surface area contributed by atoms with Crippen LogP contribution in [0.25, 0.3) is 0 Å². The van der Waals surface area contributed by atoms with Crippen LogP contribution in [-0.2, 0) is 16.0 Å². The maximum absolute atomic E-state index is 11.7. The van der Waals surface area contributed by atoms with E-state index in [4.69, 9.17) is 4.74 Å². The quantitative estimate of drug-likeness (QED) is 0.787. The molecule has 1 aliphatic rings. The zero-order valence-corrected chi connectivity index (χ0v) is 10.5. The van der Waals surface area contributed by atoms with E-state index in [1.807, 2.05) is 37.3 Å². The summed E-state index contributed by atoms with van der Waals surface area (Å²) in [6, 6.07) is 9.57. The lowest BCUT2D eigenvalue weighted by Gasteiger charge is -2.11. The fourth-order valence-corrected chi connectivity index (χ4v) is 1.93. The molecule has 0 spiro atoms. The van der Waals surface area contributed by atoms with Gasteiger partial charge in [0.15, 0.2) is 0 Å². The van der Waals surface area contributed by atoms with Crippen LogP contribution in [0.5, 0.6) is 0 Å². The third-order valence-electron chi connectivity index (χ3n) is 3.01. The SMILES string of the molecule is CCO[C@H]1C[C@@H]1NC(=O)[C@@H](O)Cc1ccccc1. The third kappa shape index (κ3) is 3.55. The van der Waals surface area contributed by atoms with Crippen molar-refractivity contribution in [1.29, 1.82) is 0 Å². The first-order chi connectivity index (χ1) is 8.70. The predicted molar refractivity (Wildman–Crippen MR) is 68.1 cm³/mol. The van der Waals surface area contributed by atoms with Crippen LogP contribution in [-0.4, -0.2) is 35.9 Å². The fourth-order valence-electron chi connectivity index (χ4n) is 1.93. The monoisotopic (exact) mass is 249 g/mol. The molecule has 1 fully saturated rings. The highest BCUT2D eigenvalue weighted by atomic mass is 16.5. The number of rotatable bonds is 6. The van der Waals surface area contributed by atoms with Crippen LogP contribution in [0.1, 0.15) is 18.9 Å². The van der Waals surface area contributed by atoms with Crippen LogP contribution < -0.4 is 5.32 Å².